The number of nitrogens with zero attached hydrogens (tertiary/aromatic N) is 3. The Kier molecular flexibility index (Phi) is 8.14. The third kappa shape index (κ3) is 6.25. The molecule has 1 fully saturated rings. The van der Waals surface area contributed by atoms with E-state index in [1.165, 1.54) is 36.4 Å². The number of nitro benzene ring substituents is 1. The van der Waals surface area contributed by atoms with Crippen LogP contribution in [0.25, 0.3) is 0 Å². The van der Waals surface area contributed by atoms with Crippen LogP contribution in [0.1, 0.15) is 6.42 Å². The number of rotatable bonds is 10. The third-order valence-electron chi connectivity index (χ3n) is 5.04. The fraction of sp³-hybridized carbons (Fsp3) is 0.381. The van der Waals surface area contributed by atoms with E-state index >= 15 is 0 Å². The Hall–Kier alpha value is -3.02. The lowest BCUT2D eigenvalue weighted by molar-refractivity contribution is -0.384. The van der Waals surface area contributed by atoms with Crippen LogP contribution in [0.2, 0.25) is 0 Å². The van der Waals surface area contributed by atoms with Gasteiger partial charge in [-0.1, -0.05) is 18.2 Å². The zero-order valence-electron chi connectivity index (χ0n) is 17.6. The van der Waals surface area contributed by atoms with E-state index in [2.05, 4.69) is 10.2 Å². The van der Waals surface area contributed by atoms with E-state index in [4.69, 9.17) is 4.74 Å². The van der Waals surface area contributed by atoms with Crippen molar-refractivity contribution in [1.29, 1.82) is 0 Å². The van der Waals surface area contributed by atoms with Crippen LogP contribution in [0, 0.1) is 10.1 Å². The molecule has 172 valence electrons. The lowest BCUT2D eigenvalue weighted by Crippen LogP contribution is -2.42. The molecule has 0 bridgehead atoms. The van der Waals surface area contributed by atoms with E-state index in [0.717, 1.165) is 30.4 Å². The summed E-state index contributed by atoms with van der Waals surface area (Å²) >= 11 is 0. The molecular formula is C21H26N4O6S. The van der Waals surface area contributed by atoms with Crippen molar-refractivity contribution in [1.82, 2.24) is 10.2 Å². The Morgan fingerprint density at radius 1 is 1.09 bits per heavy atom. The van der Waals surface area contributed by atoms with E-state index in [-0.39, 0.29) is 16.3 Å². The molecule has 1 heterocycles. The summed E-state index contributed by atoms with van der Waals surface area (Å²) in [6.07, 6.45) is 0.731. The Morgan fingerprint density at radius 2 is 1.75 bits per heavy atom. The lowest BCUT2D eigenvalue weighted by Gasteiger charge is -2.26. The molecule has 11 heteroatoms. The zero-order valence-corrected chi connectivity index (χ0v) is 18.4. The average Bonchev–Trinajstić information content (AvgIpc) is 2.81. The van der Waals surface area contributed by atoms with Crippen molar-refractivity contribution in [2.45, 2.75) is 11.3 Å². The van der Waals surface area contributed by atoms with Gasteiger partial charge in [0.2, 0.25) is 5.91 Å². The van der Waals surface area contributed by atoms with Gasteiger partial charge < -0.3 is 10.1 Å². The van der Waals surface area contributed by atoms with Crippen LogP contribution in [0.3, 0.4) is 0 Å². The first kappa shape index (κ1) is 23.6. The minimum Gasteiger partial charge on any atom is -0.379 e. The van der Waals surface area contributed by atoms with Crippen molar-refractivity contribution < 1.29 is 22.9 Å². The van der Waals surface area contributed by atoms with Crippen LogP contribution in [-0.2, 0) is 19.6 Å². The number of non-ortho nitro benzene ring substituents is 1. The van der Waals surface area contributed by atoms with Crippen molar-refractivity contribution >= 4 is 27.3 Å². The molecule has 0 spiro atoms. The second-order valence-corrected chi connectivity index (χ2v) is 9.12. The number of amides is 1. The molecule has 2 aromatic rings. The highest BCUT2D eigenvalue weighted by molar-refractivity contribution is 7.92. The fourth-order valence-corrected chi connectivity index (χ4v) is 4.76. The van der Waals surface area contributed by atoms with Crippen LogP contribution in [0.4, 0.5) is 11.4 Å². The third-order valence-corrected chi connectivity index (χ3v) is 6.83. The minimum atomic E-state index is -4.05. The summed E-state index contributed by atoms with van der Waals surface area (Å²) in [6.45, 7) is 3.91. The van der Waals surface area contributed by atoms with Gasteiger partial charge in [-0.2, -0.15) is 0 Å². The van der Waals surface area contributed by atoms with Crippen molar-refractivity contribution in [2.24, 2.45) is 0 Å². The highest BCUT2D eigenvalue weighted by atomic mass is 32.2. The molecule has 1 amide bonds. The number of hydrogen-bond acceptors (Lipinski definition) is 7. The standard InChI is InChI=1S/C21H26N4O6S/c26-21(22-11-4-12-23-13-15-31-16-14-23)17-24(18-7-9-19(10-8-18)25(27)28)32(29,30)20-5-2-1-3-6-20/h1-3,5-10H,4,11-17H2,(H,22,26). The maximum Gasteiger partial charge on any atom is 0.269 e. The maximum absolute atomic E-state index is 13.2. The summed E-state index contributed by atoms with van der Waals surface area (Å²) < 4.78 is 32.7. The molecule has 1 aliphatic rings. The summed E-state index contributed by atoms with van der Waals surface area (Å²) in [6, 6.07) is 12.8. The van der Waals surface area contributed by atoms with Crippen LogP contribution >= 0.6 is 0 Å². The van der Waals surface area contributed by atoms with E-state index in [0.29, 0.717) is 19.8 Å². The van der Waals surface area contributed by atoms with Gasteiger partial charge in [-0.05, 0) is 37.2 Å². The second-order valence-electron chi connectivity index (χ2n) is 7.26. The molecule has 0 radical (unpaired) electrons. The van der Waals surface area contributed by atoms with Gasteiger partial charge in [0.15, 0.2) is 0 Å². The van der Waals surface area contributed by atoms with Crippen molar-refractivity contribution in [2.75, 3.05) is 50.2 Å². The summed E-state index contributed by atoms with van der Waals surface area (Å²) in [5, 5.41) is 13.7. The second kappa shape index (κ2) is 11.0. The van der Waals surface area contributed by atoms with Crippen molar-refractivity contribution in [3.8, 4) is 0 Å². The largest absolute Gasteiger partial charge is 0.379 e. The quantitative estimate of drug-likeness (QED) is 0.323. The van der Waals surface area contributed by atoms with Gasteiger partial charge in [0.1, 0.15) is 6.54 Å². The summed E-state index contributed by atoms with van der Waals surface area (Å²) in [5.41, 5.74) is 0.00120. The monoisotopic (exact) mass is 462 g/mol. The van der Waals surface area contributed by atoms with E-state index < -0.39 is 27.4 Å². The van der Waals surface area contributed by atoms with Crippen molar-refractivity contribution in [3.63, 3.8) is 0 Å². The maximum atomic E-state index is 13.2. The molecule has 0 saturated carbocycles. The summed E-state index contributed by atoms with van der Waals surface area (Å²) in [4.78, 5) is 25.2. The Morgan fingerprint density at radius 3 is 2.38 bits per heavy atom. The first-order chi connectivity index (χ1) is 15.4. The van der Waals surface area contributed by atoms with Crippen LogP contribution < -0.4 is 9.62 Å². The van der Waals surface area contributed by atoms with Gasteiger partial charge >= 0.3 is 0 Å². The number of nitro groups is 1. The number of sulfonamides is 1. The molecule has 3 rings (SSSR count). The van der Waals surface area contributed by atoms with E-state index in [9.17, 15) is 23.3 Å². The molecule has 1 N–H and O–H groups in total. The predicted molar refractivity (Wildman–Crippen MR) is 119 cm³/mol. The van der Waals surface area contributed by atoms with E-state index in [1.807, 2.05) is 0 Å². The SMILES string of the molecule is O=C(CN(c1ccc([N+](=O)[O-])cc1)S(=O)(=O)c1ccccc1)NCCCN1CCOCC1. The molecule has 1 saturated heterocycles. The molecule has 32 heavy (non-hydrogen) atoms. The van der Waals surface area contributed by atoms with Crippen LogP contribution in [0.5, 0.6) is 0 Å². The predicted octanol–water partition coefficient (Wildman–Crippen LogP) is 1.63. The Bertz CT molecular complexity index is 1010. The smallest absolute Gasteiger partial charge is 0.269 e. The fourth-order valence-electron chi connectivity index (χ4n) is 3.32. The molecule has 10 nitrogen and oxygen atoms in total. The zero-order chi connectivity index (χ0) is 23.0. The Balaban J connectivity index is 1.69. The Labute approximate surface area is 187 Å². The van der Waals surface area contributed by atoms with E-state index in [1.54, 1.807) is 18.2 Å². The number of ether oxygens (including phenoxy) is 1. The number of benzene rings is 2. The topological polar surface area (TPSA) is 122 Å². The summed E-state index contributed by atoms with van der Waals surface area (Å²) in [7, 11) is -4.05. The molecule has 1 aliphatic heterocycles. The molecule has 2 aromatic carbocycles. The molecule has 0 atom stereocenters. The molecule has 0 aliphatic carbocycles. The van der Waals surface area contributed by atoms with Gasteiger partial charge in [0.25, 0.3) is 15.7 Å². The number of carbonyl (C=O) groups is 1. The van der Waals surface area contributed by atoms with Crippen LogP contribution in [0.15, 0.2) is 59.5 Å². The van der Waals surface area contributed by atoms with Crippen LogP contribution in [-0.4, -0.2) is 70.1 Å². The van der Waals surface area contributed by atoms with Crippen molar-refractivity contribution in [3.05, 3.63) is 64.7 Å². The van der Waals surface area contributed by atoms with Gasteiger partial charge in [0.05, 0.1) is 28.7 Å². The normalized spacial score (nSPS) is 14.6. The number of morpholine rings is 1. The summed E-state index contributed by atoms with van der Waals surface area (Å²) in [5.74, 6) is -0.454. The van der Waals surface area contributed by atoms with Gasteiger partial charge in [-0.3, -0.25) is 24.1 Å². The number of hydrogen-bond donors (Lipinski definition) is 1. The lowest BCUT2D eigenvalue weighted by atomic mass is 10.3. The average molecular weight is 463 g/mol. The van der Waals surface area contributed by atoms with Gasteiger partial charge in [-0.15, -0.1) is 0 Å². The molecule has 0 unspecified atom stereocenters. The van der Waals surface area contributed by atoms with Gasteiger partial charge in [-0.25, -0.2) is 8.42 Å². The molecule has 0 aromatic heterocycles. The highest BCUT2D eigenvalue weighted by Gasteiger charge is 2.27. The highest BCUT2D eigenvalue weighted by Crippen LogP contribution is 2.25. The first-order valence-corrected chi connectivity index (χ1v) is 11.7. The molecular weight excluding hydrogens is 436 g/mol. The number of carbonyl (C=O) groups excluding carboxylic acids is 1. The first-order valence-electron chi connectivity index (χ1n) is 10.3. The van der Waals surface area contributed by atoms with Gasteiger partial charge in [0, 0.05) is 31.8 Å². The number of nitrogens with one attached hydrogen (secondary N) is 1. The minimum absolute atomic E-state index is 0.0264. The number of anilines is 1.